The number of hydrogen-bond donors (Lipinski definition) is 2. The predicted molar refractivity (Wildman–Crippen MR) is 77.4 cm³/mol. The van der Waals surface area contributed by atoms with Gasteiger partial charge in [-0.2, -0.15) is 0 Å². The summed E-state index contributed by atoms with van der Waals surface area (Å²) < 4.78 is 4.78. The molecule has 6 nitrogen and oxygen atoms in total. The molecule has 2 N–H and O–H groups in total. The molecule has 116 valence electrons. The van der Waals surface area contributed by atoms with Crippen LogP contribution >= 0.6 is 0 Å². The molecule has 0 aromatic carbocycles. The van der Waals surface area contributed by atoms with Gasteiger partial charge in [0.2, 0.25) is 11.8 Å². The van der Waals surface area contributed by atoms with E-state index in [1.165, 1.54) is 7.11 Å². The lowest BCUT2D eigenvalue weighted by molar-refractivity contribution is -0.132. The molecule has 1 aliphatic heterocycles. The van der Waals surface area contributed by atoms with Gasteiger partial charge in [0, 0.05) is 45.2 Å². The zero-order valence-corrected chi connectivity index (χ0v) is 12.8. The van der Waals surface area contributed by atoms with Crippen molar-refractivity contribution in [2.75, 3.05) is 33.4 Å². The van der Waals surface area contributed by atoms with Crippen molar-refractivity contribution in [2.24, 2.45) is 0 Å². The highest BCUT2D eigenvalue weighted by molar-refractivity contribution is 5.78. The molecule has 0 spiro atoms. The highest BCUT2D eigenvalue weighted by atomic mass is 16.5. The predicted octanol–water partition coefficient (Wildman–Crippen LogP) is 0.128. The first kappa shape index (κ1) is 16.9. The van der Waals surface area contributed by atoms with E-state index in [9.17, 15) is 9.59 Å². The molecule has 0 unspecified atom stereocenters. The van der Waals surface area contributed by atoms with Crippen LogP contribution in [-0.2, 0) is 14.3 Å². The molecule has 0 aromatic rings. The second kappa shape index (κ2) is 8.92. The Bertz CT molecular complexity index is 313. The van der Waals surface area contributed by atoms with Crippen LogP contribution in [0, 0.1) is 0 Å². The second-order valence-electron chi connectivity index (χ2n) is 5.51. The van der Waals surface area contributed by atoms with Crippen LogP contribution in [0.1, 0.15) is 33.1 Å². The maximum atomic E-state index is 12.0. The third-order valence-corrected chi connectivity index (χ3v) is 3.38. The summed E-state index contributed by atoms with van der Waals surface area (Å²) in [7, 11) is 1.51. The molecule has 1 saturated heterocycles. The molecular formula is C14H27N3O3. The Kier molecular flexibility index (Phi) is 7.54. The number of nitrogens with zero attached hydrogens (tertiary/aromatic N) is 1. The average molecular weight is 285 g/mol. The molecule has 0 aliphatic carbocycles. The fourth-order valence-corrected chi connectivity index (χ4v) is 2.30. The molecule has 0 bridgehead atoms. The zero-order chi connectivity index (χ0) is 15.0. The van der Waals surface area contributed by atoms with E-state index < -0.39 is 0 Å². The van der Waals surface area contributed by atoms with Gasteiger partial charge in [-0.1, -0.05) is 13.8 Å². The lowest BCUT2D eigenvalue weighted by Gasteiger charge is -2.32. The summed E-state index contributed by atoms with van der Waals surface area (Å²) in [5.74, 6) is 0.109. The summed E-state index contributed by atoms with van der Waals surface area (Å²) in [6.45, 7) is 6.40. The molecule has 6 heteroatoms. The fraction of sp³-hybridized carbons (Fsp3) is 0.857. The monoisotopic (exact) mass is 285 g/mol. The van der Waals surface area contributed by atoms with Crippen LogP contribution < -0.4 is 10.6 Å². The summed E-state index contributed by atoms with van der Waals surface area (Å²) in [5, 5.41) is 6.17. The number of methoxy groups -OCH3 is 1. The van der Waals surface area contributed by atoms with E-state index in [1.54, 1.807) is 0 Å². The molecule has 0 aromatic heterocycles. The number of rotatable bonds is 7. The van der Waals surface area contributed by atoms with E-state index in [-0.39, 0.29) is 24.5 Å². The quantitative estimate of drug-likeness (QED) is 0.697. The molecule has 0 radical (unpaired) electrons. The molecule has 1 rings (SSSR count). The van der Waals surface area contributed by atoms with E-state index >= 15 is 0 Å². The van der Waals surface area contributed by atoms with Crippen molar-refractivity contribution in [3.8, 4) is 0 Å². The lowest BCUT2D eigenvalue weighted by atomic mass is 10.0. The van der Waals surface area contributed by atoms with Crippen LogP contribution in [0.2, 0.25) is 0 Å². The van der Waals surface area contributed by atoms with E-state index in [1.807, 2.05) is 4.90 Å². The average Bonchev–Trinajstić information content (AvgIpc) is 2.39. The van der Waals surface area contributed by atoms with Crippen LogP contribution in [0.5, 0.6) is 0 Å². The molecule has 1 heterocycles. The number of nitrogens with one attached hydrogen (secondary N) is 2. The molecule has 20 heavy (non-hydrogen) atoms. The molecular weight excluding hydrogens is 258 g/mol. The van der Waals surface area contributed by atoms with Crippen molar-refractivity contribution in [1.29, 1.82) is 0 Å². The highest BCUT2D eigenvalue weighted by Gasteiger charge is 2.23. The molecule has 1 aliphatic rings. The molecule has 0 atom stereocenters. The van der Waals surface area contributed by atoms with Gasteiger partial charge in [0.25, 0.3) is 0 Å². The first-order valence-corrected chi connectivity index (χ1v) is 7.32. The van der Waals surface area contributed by atoms with Crippen molar-refractivity contribution in [3.63, 3.8) is 0 Å². The van der Waals surface area contributed by atoms with Crippen molar-refractivity contribution in [3.05, 3.63) is 0 Å². The zero-order valence-electron chi connectivity index (χ0n) is 12.8. The number of piperidine rings is 1. The minimum Gasteiger partial charge on any atom is -0.375 e. The largest absolute Gasteiger partial charge is 0.375 e. The molecule has 2 amide bonds. The van der Waals surface area contributed by atoms with Gasteiger partial charge in [-0.25, -0.2) is 0 Å². The minimum atomic E-state index is -0.0848. The summed E-state index contributed by atoms with van der Waals surface area (Å²) >= 11 is 0. The van der Waals surface area contributed by atoms with E-state index in [0.717, 1.165) is 32.5 Å². The van der Waals surface area contributed by atoms with E-state index in [2.05, 4.69) is 24.5 Å². The van der Waals surface area contributed by atoms with Gasteiger partial charge in [-0.3, -0.25) is 9.59 Å². The van der Waals surface area contributed by atoms with Crippen molar-refractivity contribution in [1.82, 2.24) is 15.5 Å². The number of ether oxygens (including phenoxy) is 1. The molecule has 0 saturated carbocycles. The van der Waals surface area contributed by atoms with E-state index in [4.69, 9.17) is 4.74 Å². The van der Waals surface area contributed by atoms with Crippen LogP contribution in [0.4, 0.5) is 0 Å². The molecule has 1 fully saturated rings. The summed E-state index contributed by atoms with van der Waals surface area (Å²) in [5.41, 5.74) is 0. The number of hydrogen-bond acceptors (Lipinski definition) is 4. The van der Waals surface area contributed by atoms with E-state index in [0.29, 0.717) is 12.5 Å². The van der Waals surface area contributed by atoms with Crippen molar-refractivity contribution < 1.29 is 14.3 Å². The van der Waals surface area contributed by atoms with Gasteiger partial charge in [-0.05, 0) is 12.8 Å². The Hall–Kier alpha value is -1.14. The Balaban J connectivity index is 2.20. The fourth-order valence-electron chi connectivity index (χ4n) is 2.30. The first-order chi connectivity index (χ1) is 9.52. The number of carbonyl (C=O) groups is 2. The second-order valence-corrected chi connectivity index (χ2v) is 5.51. The van der Waals surface area contributed by atoms with Gasteiger partial charge < -0.3 is 20.3 Å². The van der Waals surface area contributed by atoms with Crippen LogP contribution in [0.3, 0.4) is 0 Å². The van der Waals surface area contributed by atoms with Gasteiger partial charge in [-0.15, -0.1) is 0 Å². The maximum absolute atomic E-state index is 12.0. The van der Waals surface area contributed by atoms with Crippen LogP contribution in [-0.4, -0.2) is 62.1 Å². The first-order valence-electron chi connectivity index (χ1n) is 7.32. The Morgan fingerprint density at radius 1 is 1.30 bits per heavy atom. The normalized spacial score (nSPS) is 16.5. The van der Waals surface area contributed by atoms with Gasteiger partial charge in [0.05, 0.1) is 0 Å². The number of likely N-dealkylation sites (tertiary alicyclic amines) is 1. The van der Waals surface area contributed by atoms with Gasteiger partial charge in [0.15, 0.2) is 0 Å². The smallest absolute Gasteiger partial charge is 0.246 e. The van der Waals surface area contributed by atoms with Gasteiger partial charge >= 0.3 is 0 Å². The number of amides is 2. The van der Waals surface area contributed by atoms with Crippen LogP contribution in [0.15, 0.2) is 0 Å². The summed E-state index contributed by atoms with van der Waals surface area (Å²) in [6, 6.07) is 0.569. The third kappa shape index (κ3) is 6.34. The number of carbonyl (C=O) groups excluding carboxylic acids is 2. The van der Waals surface area contributed by atoms with Crippen molar-refractivity contribution in [2.45, 2.75) is 45.2 Å². The Labute approximate surface area is 121 Å². The minimum absolute atomic E-state index is 0.0848. The SMILES string of the molecule is COCC(=O)NC1CCN(C(=O)CCNC(C)C)CC1. The highest BCUT2D eigenvalue weighted by Crippen LogP contribution is 2.11. The topological polar surface area (TPSA) is 70.7 Å². The Morgan fingerprint density at radius 3 is 2.50 bits per heavy atom. The standard InChI is InChI=1S/C14H27N3O3/c1-11(2)15-7-4-14(19)17-8-5-12(6-9-17)16-13(18)10-20-3/h11-12,15H,4-10H2,1-3H3,(H,16,18). The third-order valence-electron chi connectivity index (χ3n) is 3.38. The van der Waals surface area contributed by atoms with Crippen molar-refractivity contribution >= 4 is 11.8 Å². The maximum Gasteiger partial charge on any atom is 0.246 e. The van der Waals surface area contributed by atoms with Crippen LogP contribution in [0.25, 0.3) is 0 Å². The summed E-state index contributed by atoms with van der Waals surface area (Å²) in [6.07, 6.45) is 2.18. The summed E-state index contributed by atoms with van der Waals surface area (Å²) in [4.78, 5) is 25.3. The Morgan fingerprint density at radius 2 is 1.95 bits per heavy atom. The van der Waals surface area contributed by atoms with Gasteiger partial charge in [0.1, 0.15) is 6.61 Å². The lowest BCUT2D eigenvalue weighted by Crippen LogP contribution is -2.47.